The summed E-state index contributed by atoms with van der Waals surface area (Å²) in [5, 5.41) is 0. The zero-order valence-electron chi connectivity index (χ0n) is 14.1. The smallest absolute Gasteiger partial charge is 0.276 e. The molecular weight excluding hydrogens is 310 g/mol. The van der Waals surface area contributed by atoms with E-state index in [2.05, 4.69) is 16.0 Å². The highest BCUT2D eigenvalue weighted by molar-refractivity contribution is 6.06. The van der Waals surface area contributed by atoms with E-state index in [1.165, 1.54) is 5.56 Å². The van der Waals surface area contributed by atoms with Gasteiger partial charge in [0, 0.05) is 36.9 Å². The standard InChI is InChI=1S/C21H19N3O/c1-23(17-8-3-2-4-9-17)18-11-13-22-19(15-18)21(25)24-14-12-16-7-5-6-10-20(16)24/h2-11,13,15H,12,14H2,1H3. The maximum absolute atomic E-state index is 13.0. The van der Waals surface area contributed by atoms with E-state index in [1.54, 1.807) is 6.20 Å². The molecule has 4 heteroatoms. The number of aromatic nitrogens is 1. The lowest BCUT2D eigenvalue weighted by atomic mass is 10.2. The molecule has 0 N–H and O–H groups in total. The van der Waals surface area contributed by atoms with Gasteiger partial charge in [0.15, 0.2) is 0 Å². The number of anilines is 3. The highest BCUT2D eigenvalue weighted by atomic mass is 16.2. The number of amides is 1. The minimum absolute atomic E-state index is 0.0479. The van der Waals surface area contributed by atoms with E-state index in [0.29, 0.717) is 12.2 Å². The van der Waals surface area contributed by atoms with E-state index >= 15 is 0 Å². The van der Waals surface area contributed by atoms with Crippen molar-refractivity contribution >= 4 is 23.0 Å². The normalized spacial score (nSPS) is 12.8. The largest absolute Gasteiger partial charge is 0.345 e. The van der Waals surface area contributed by atoms with Crippen LogP contribution in [0, 0.1) is 0 Å². The molecule has 0 bridgehead atoms. The summed E-state index contributed by atoms with van der Waals surface area (Å²) in [6.45, 7) is 0.707. The van der Waals surface area contributed by atoms with E-state index in [-0.39, 0.29) is 5.91 Å². The van der Waals surface area contributed by atoms with E-state index in [1.807, 2.05) is 72.6 Å². The first kappa shape index (κ1) is 15.4. The Hall–Kier alpha value is -3.14. The van der Waals surface area contributed by atoms with Crippen LogP contribution in [0.25, 0.3) is 0 Å². The monoisotopic (exact) mass is 329 g/mol. The first-order chi connectivity index (χ1) is 12.2. The van der Waals surface area contributed by atoms with Gasteiger partial charge < -0.3 is 9.80 Å². The zero-order valence-corrected chi connectivity index (χ0v) is 14.1. The molecule has 0 saturated heterocycles. The third-order valence-electron chi connectivity index (χ3n) is 4.63. The van der Waals surface area contributed by atoms with Gasteiger partial charge in [0.2, 0.25) is 0 Å². The Morgan fingerprint density at radius 1 is 1.00 bits per heavy atom. The molecule has 0 unspecified atom stereocenters. The number of para-hydroxylation sites is 2. The Balaban J connectivity index is 1.63. The molecule has 0 fully saturated rings. The fourth-order valence-electron chi connectivity index (χ4n) is 3.23. The summed E-state index contributed by atoms with van der Waals surface area (Å²) in [5.41, 5.74) is 4.69. The number of hydrogen-bond donors (Lipinski definition) is 0. The minimum atomic E-state index is -0.0479. The number of hydrogen-bond acceptors (Lipinski definition) is 3. The molecule has 0 saturated carbocycles. The first-order valence-corrected chi connectivity index (χ1v) is 8.38. The van der Waals surface area contributed by atoms with Crippen LogP contribution in [0.15, 0.2) is 72.9 Å². The number of benzene rings is 2. The van der Waals surface area contributed by atoms with Crippen molar-refractivity contribution in [2.45, 2.75) is 6.42 Å². The third kappa shape index (κ3) is 2.87. The second-order valence-electron chi connectivity index (χ2n) is 6.13. The molecule has 0 spiro atoms. The molecule has 4 rings (SSSR count). The van der Waals surface area contributed by atoms with Crippen LogP contribution in [0.3, 0.4) is 0 Å². The van der Waals surface area contributed by atoms with Gasteiger partial charge in [-0.15, -0.1) is 0 Å². The number of nitrogens with zero attached hydrogens (tertiary/aromatic N) is 3. The molecule has 124 valence electrons. The van der Waals surface area contributed by atoms with Gasteiger partial charge in [-0.25, -0.2) is 0 Å². The average Bonchev–Trinajstić information content (AvgIpc) is 3.12. The summed E-state index contributed by atoms with van der Waals surface area (Å²) in [6, 6.07) is 21.9. The second-order valence-corrected chi connectivity index (χ2v) is 6.13. The number of fused-ring (bicyclic) bond motifs is 1. The van der Waals surface area contributed by atoms with Crippen LogP contribution in [-0.4, -0.2) is 24.5 Å². The van der Waals surface area contributed by atoms with Gasteiger partial charge in [0.1, 0.15) is 5.69 Å². The van der Waals surface area contributed by atoms with Gasteiger partial charge in [-0.3, -0.25) is 9.78 Å². The Bertz CT molecular complexity index is 908. The fourth-order valence-corrected chi connectivity index (χ4v) is 3.23. The lowest BCUT2D eigenvalue weighted by Crippen LogP contribution is -2.29. The van der Waals surface area contributed by atoms with Crippen LogP contribution in [0.5, 0.6) is 0 Å². The SMILES string of the molecule is CN(c1ccccc1)c1ccnc(C(=O)N2CCc3ccccc32)c1. The maximum Gasteiger partial charge on any atom is 0.276 e. The molecule has 1 aliphatic heterocycles. The molecule has 4 nitrogen and oxygen atoms in total. The van der Waals surface area contributed by atoms with Crippen LogP contribution >= 0.6 is 0 Å². The molecule has 2 heterocycles. The van der Waals surface area contributed by atoms with Crippen LogP contribution in [0.2, 0.25) is 0 Å². The van der Waals surface area contributed by atoms with Gasteiger partial charge in [-0.05, 0) is 42.3 Å². The van der Waals surface area contributed by atoms with Crippen molar-refractivity contribution in [2.75, 3.05) is 23.4 Å². The number of pyridine rings is 1. The van der Waals surface area contributed by atoms with Crippen molar-refractivity contribution in [3.8, 4) is 0 Å². The topological polar surface area (TPSA) is 36.4 Å². The maximum atomic E-state index is 13.0. The van der Waals surface area contributed by atoms with Crippen molar-refractivity contribution in [2.24, 2.45) is 0 Å². The van der Waals surface area contributed by atoms with Gasteiger partial charge >= 0.3 is 0 Å². The van der Waals surface area contributed by atoms with Crippen molar-refractivity contribution in [3.63, 3.8) is 0 Å². The highest BCUT2D eigenvalue weighted by Crippen LogP contribution is 2.29. The molecule has 1 aromatic heterocycles. The van der Waals surface area contributed by atoms with E-state index < -0.39 is 0 Å². The van der Waals surface area contributed by atoms with Crippen molar-refractivity contribution in [1.82, 2.24) is 4.98 Å². The second kappa shape index (κ2) is 6.40. The van der Waals surface area contributed by atoms with Crippen molar-refractivity contribution < 1.29 is 4.79 Å². The van der Waals surface area contributed by atoms with Gasteiger partial charge in [-0.2, -0.15) is 0 Å². The summed E-state index contributed by atoms with van der Waals surface area (Å²) in [7, 11) is 1.99. The number of rotatable bonds is 3. The van der Waals surface area contributed by atoms with Gasteiger partial charge in [0.25, 0.3) is 5.91 Å². The quantitative estimate of drug-likeness (QED) is 0.727. The molecule has 25 heavy (non-hydrogen) atoms. The average molecular weight is 329 g/mol. The molecule has 3 aromatic rings. The van der Waals surface area contributed by atoms with Crippen LogP contribution < -0.4 is 9.80 Å². The molecule has 1 aliphatic rings. The Kier molecular flexibility index (Phi) is 3.94. The Morgan fingerprint density at radius 3 is 2.60 bits per heavy atom. The molecule has 1 amide bonds. The van der Waals surface area contributed by atoms with Crippen LogP contribution in [-0.2, 0) is 6.42 Å². The molecule has 2 aromatic carbocycles. The zero-order chi connectivity index (χ0) is 17.2. The summed E-state index contributed by atoms with van der Waals surface area (Å²) >= 11 is 0. The van der Waals surface area contributed by atoms with E-state index in [4.69, 9.17) is 0 Å². The molecule has 0 radical (unpaired) electrons. The van der Waals surface area contributed by atoms with Crippen molar-refractivity contribution in [1.29, 1.82) is 0 Å². The molecule has 0 aliphatic carbocycles. The third-order valence-corrected chi connectivity index (χ3v) is 4.63. The predicted octanol–water partition coefficient (Wildman–Crippen LogP) is 4.05. The Labute approximate surface area is 147 Å². The fraction of sp³-hybridized carbons (Fsp3) is 0.143. The first-order valence-electron chi connectivity index (χ1n) is 8.38. The summed E-state index contributed by atoms with van der Waals surface area (Å²) in [5.74, 6) is -0.0479. The Morgan fingerprint density at radius 2 is 1.76 bits per heavy atom. The summed E-state index contributed by atoms with van der Waals surface area (Å²) in [4.78, 5) is 21.2. The van der Waals surface area contributed by atoms with Gasteiger partial charge in [0.05, 0.1) is 0 Å². The molecular formula is C21H19N3O. The predicted molar refractivity (Wildman–Crippen MR) is 101 cm³/mol. The number of carbonyl (C=O) groups excluding carboxylic acids is 1. The number of carbonyl (C=O) groups is 1. The van der Waals surface area contributed by atoms with E-state index in [0.717, 1.165) is 23.5 Å². The van der Waals surface area contributed by atoms with Crippen LogP contribution in [0.1, 0.15) is 16.1 Å². The molecule has 0 atom stereocenters. The van der Waals surface area contributed by atoms with Gasteiger partial charge in [-0.1, -0.05) is 36.4 Å². The minimum Gasteiger partial charge on any atom is -0.345 e. The summed E-state index contributed by atoms with van der Waals surface area (Å²) in [6.07, 6.45) is 2.59. The van der Waals surface area contributed by atoms with Crippen LogP contribution in [0.4, 0.5) is 17.1 Å². The highest BCUT2D eigenvalue weighted by Gasteiger charge is 2.26. The summed E-state index contributed by atoms with van der Waals surface area (Å²) < 4.78 is 0. The van der Waals surface area contributed by atoms with E-state index in [9.17, 15) is 4.79 Å². The lowest BCUT2D eigenvalue weighted by molar-refractivity contribution is 0.0984. The lowest BCUT2D eigenvalue weighted by Gasteiger charge is -2.21. The van der Waals surface area contributed by atoms with Crippen molar-refractivity contribution in [3.05, 3.63) is 84.2 Å².